The predicted molar refractivity (Wildman–Crippen MR) is 101 cm³/mol. The van der Waals surface area contributed by atoms with E-state index < -0.39 is 11.8 Å². The average molecular weight is 342 g/mol. The normalized spacial score (nSPS) is 22.7. The van der Waals surface area contributed by atoms with Gasteiger partial charge in [0.05, 0.1) is 0 Å². The highest BCUT2D eigenvalue weighted by Crippen LogP contribution is 2.47. The highest BCUT2D eigenvalue weighted by molar-refractivity contribution is 5.63. The van der Waals surface area contributed by atoms with Gasteiger partial charge in [-0.25, -0.2) is 8.78 Å². The summed E-state index contributed by atoms with van der Waals surface area (Å²) in [6.07, 6.45) is 5.33. The van der Waals surface area contributed by atoms with Crippen LogP contribution in [0.3, 0.4) is 0 Å². The van der Waals surface area contributed by atoms with Crippen molar-refractivity contribution >= 4 is 0 Å². The second kappa shape index (κ2) is 8.12. The smallest absolute Gasteiger partial charge is 0.207 e. The van der Waals surface area contributed by atoms with Crippen molar-refractivity contribution in [1.82, 2.24) is 0 Å². The van der Waals surface area contributed by atoms with Crippen molar-refractivity contribution < 1.29 is 8.78 Å². The van der Waals surface area contributed by atoms with Crippen LogP contribution < -0.4 is 0 Å². The Labute approximate surface area is 150 Å². The molecule has 1 fully saturated rings. The summed E-state index contributed by atoms with van der Waals surface area (Å²) in [5, 5.41) is 0. The first kappa shape index (κ1) is 18.1. The van der Waals surface area contributed by atoms with Crippen LogP contribution in [-0.2, 0) is 0 Å². The lowest BCUT2D eigenvalue weighted by Gasteiger charge is -2.36. The number of unbranched alkanes of at least 4 members (excludes halogenated alkanes) is 2. The number of hydrogen-bond donors (Lipinski definition) is 0. The van der Waals surface area contributed by atoms with Gasteiger partial charge < -0.3 is 0 Å². The van der Waals surface area contributed by atoms with Crippen molar-refractivity contribution in [2.75, 3.05) is 0 Å². The average Bonchev–Trinajstić information content (AvgIpc) is 2.64. The molecular formula is C23H28F2. The fourth-order valence-electron chi connectivity index (χ4n) is 4.07. The first-order chi connectivity index (χ1) is 12.1. The molecule has 0 heterocycles. The fourth-order valence-corrected chi connectivity index (χ4v) is 4.07. The maximum absolute atomic E-state index is 14.6. The molecule has 2 aromatic rings. The van der Waals surface area contributed by atoms with E-state index in [1.165, 1.54) is 5.56 Å². The van der Waals surface area contributed by atoms with Gasteiger partial charge in [0.1, 0.15) is 0 Å². The van der Waals surface area contributed by atoms with Crippen molar-refractivity contribution in [3.05, 3.63) is 60.2 Å². The van der Waals surface area contributed by atoms with Gasteiger partial charge in [-0.05, 0) is 41.9 Å². The molecule has 0 amide bonds. The van der Waals surface area contributed by atoms with E-state index in [1.807, 2.05) is 30.3 Å². The number of alkyl halides is 2. The molecule has 2 unspecified atom stereocenters. The van der Waals surface area contributed by atoms with E-state index in [0.29, 0.717) is 12.8 Å². The van der Waals surface area contributed by atoms with Crippen molar-refractivity contribution in [2.45, 2.75) is 63.7 Å². The summed E-state index contributed by atoms with van der Waals surface area (Å²) in [6, 6.07) is 18.4. The maximum atomic E-state index is 14.6. The molecule has 3 rings (SSSR count). The first-order valence-electron chi connectivity index (χ1n) is 9.63. The van der Waals surface area contributed by atoms with Crippen LogP contribution in [0.5, 0.6) is 0 Å². The van der Waals surface area contributed by atoms with Crippen molar-refractivity contribution in [2.24, 2.45) is 5.92 Å². The van der Waals surface area contributed by atoms with E-state index >= 15 is 0 Å². The van der Waals surface area contributed by atoms with Gasteiger partial charge in [-0.3, -0.25) is 0 Å². The Kier molecular flexibility index (Phi) is 5.88. The molecule has 0 spiro atoms. The van der Waals surface area contributed by atoms with Crippen LogP contribution in [0.4, 0.5) is 8.78 Å². The van der Waals surface area contributed by atoms with Crippen LogP contribution in [0, 0.1) is 5.92 Å². The lowest BCUT2D eigenvalue weighted by molar-refractivity contribution is -0.0949. The van der Waals surface area contributed by atoms with E-state index in [0.717, 1.165) is 36.8 Å². The standard InChI is InChI=1S/C23H28F2/c1-2-3-5-10-22-16-15-21(17-23(22,24)25)20-13-11-19(12-14-20)18-8-6-4-7-9-18/h4,6-9,11-14,21-22H,2-3,5,10,15-17H2,1H3. The summed E-state index contributed by atoms with van der Waals surface area (Å²) in [4.78, 5) is 0. The third-order valence-corrected chi connectivity index (χ3v) is 5.62. The molecule has 2 heteroatoms. The molecule has 2 atom stereocenters. The zero-order chi connectivity index (χ0) is 17.7. The zero-order valence-corrected chi connectivity index (χ0v) is 15.1. The van der Waals surface area contributed by atoms with E-state index in [-0.39, 0.29) is 12.3 Å². The van der Waals surface area contributed by atoms with E-state index in [4.69, 9.17) is 0 Å². The van der Waals surface area contributed by atoms with Crippen LogP contribution in [0.1, 0.15) is 63.4 Å². The van der Waals surface area contributed by atoms with Crippen LogP contribution in [-0.4, -0.2) is 5.92 Å². The Morgan fingerprint density at radius 2 is 1.56 bits per heavy atom. The fraction of sp³-hybridized carbons (Fsp3) is 0.478. The third-order valence-electron chi connectivity index (χ3n) is 5.62. The second-order valence-corrected chi connectivity index (χ2v) is 7.42. The molecule has 0 N–H and O–H groups in total. The summed E-state index contributed by atoms with van der Waals surface area (Å²) in [7, 11) is 0. The van der Waals surface area contributed by atoms with Gasteiger partial charge in [0.25, 0.3) is 5.92 Å². The molecule has 1 aliphatic carbocycles. The predicted octanol–water partition coefficient (Wildman–Crippen LogP) is 7.45. The second-order valence-electron chi connectivity index (χ2n) is 7.42. The quantitative estimate of drug-likeness (QED) is 0.478. The Balaban J connectivity index is 1.65. The molecular weight excluding hydrogens is 314 g/mol. The van der Waals surface area contributed by atoms with E-state index in [9.17, 15) is 8.78 Å². The highest BCUT2D eigenvalue weighted by atomic mass is 19.3. The van der Waals surface area contributed by atoms with Gasteiger partial charge in [-0.1, -0.05) is 80.8 Å². The summed E-state index contributed by atoms with van der Waals surface area (Å²) >= 11 is 0. The van der Waals surface area contributed by atoms with E-state index in [1.54, 1.807) is 0 Å². The number of hydrogen-bond acceptors (Lipinski definition) is 0. The lowest BCUT2D eigenvalue weighted by Crippen LogP contribution is -2.35. The molecule has 1 aliphatic rings. The zero-order valence-electron chi connectivity index (χ0n) is 15.1. The van der Waals surface area contributed by atoms with Gasteiger partial charge in [0.15, 0.2) is 0 Å². The van der Waals surface area contributed by atoms with Crippen LogP contribution in [0.25, 0.3) is 11.1 Å². The lowest BCUT2D eigenvalue weighted by atomic mass is 9.74. The minimum Gasteiger partial charge on any atom is -0.207 e. The highest BCUT2D eigenvalue weighted by Gasteiger charge is 2.44. The minimum atomic E-state index is -2.52. The van der Waals surface area contributed by atoms with Crippen LogP contribution >= 0.6 is 0 Å². The van der Waals surface area contributed by atoms with Crippen LogP contribution in [0.2, 0.25) is 0 Å². The van der Waals surface area contributed by atoms with Gasteiger partial charge in [0.2, 0.25) is 0 Å². The molecule has 0 nitrogen and oxygen atoms in total. The molecule has 2 aromatic carbocycles. The Morgan fingerprint density at radius 1 is 0.880 bits per heavy atom. The largest absolute Gasteiger partial charge is 0.251 e. The molecule has 0 saturated heterocycles. The molecule has 0 radical (unpaired) electrons. The monoisotopic (exact) mass is 342 g/mol. The Morgan fingerprint density at radius 3 is 2.20 bits per heavy atom. The van der Waals surface area contributed by atoms with Gasteiger partial charge in [-0.2, -0.15) is 0 Å². The number of benzene rings is 2. The van der Waals surface area contributed by atoms with Gasteiger partial charge >= 0.3 is 0 Å². The topological polar surface area (TPSA) is 0 Å². The summed E-state index contributed by atoms with van der Waals surface area (Å²) in [6.45, 7) is 2.12. The Hall–Kier alpha value is -1.70. The SMILES string of the molecule is CCCCCC1CCC(c2ccc(-c3ccccc3)cc2)CC1(F)F. The van der Waals surface area contributed by atoms with Gasteiger partial charge in [-0.15, -0.1) is 0 Å². The van der Waals surface area contributed by atoms with Crippen LogP contribution in [0.15, 0.2) is 54.6 Å². The molecule has 0 aromatic heterocycles. The maximum Gasteiger partial charge on any atom is 0.251 e. The summed E-state index contributed by atoms with van der Waals surface area (Å²) < 4.78 is 29.2. The molecule has 25 heavy (non-hydrogen) atoms. The Bertz CT molecular complexity index is 646. The third kappa shape index (κ3) is 4.48. The summed E-state index contributed by atoms with van der Waals surface area (Å²) in [5.41, 5.74) is 3.37. The van der Waals surface area contributed by atoms with Crippen molar-refractivity contribution in [3.63, 3.8) is 0 Å². The van der Waals surface area contributed by atoms with Crippen molar-refractivity contribution in [1.29, 1.82) is 0 Å². The van der Waals surface area contributed by atoms with Gasteiger partial charge in [0, 0.05) is 12.3 Å². The first-order valence-corrected chi connectivity index (χ1v) is 9.63. The number of halogens is 2. The van der Waals surface area contributed by atoms with E-state index in [2.05, 4.69) is 31.2 Å². The summed E-state index contributed by atoms with van der Waals surface area (Å²) in [5.74, 6) is -2.95. The van der Waals surface area contributed by atoms with Crippen molar-refractivity contribution in [3.8, 4) is 11.1 Å². The number of rotatable bonds is 6. The molecule has 0 aliphatic heterocycles. The minimum absolute atomic E-state index is 0.00841. The molecule has 134 valence electrons. The molecule has 1 saturated carbocycles. The molecule has 0 bridgehead atoms.